The second-order valence-electron chi connectivity index (χ2n) is 4.72. The first-order valence-electron chi connectivity index (χ1n) is 6.18. The average Bonchev–Trinajstić information content (AvgIpc) is 3.04. The third kappa shape index (κ3) is 3.74. The molecule has 1 unspecified atom stereocenters. The number of aromatic nitrogens is 2. The van der Waals surface area contributed by atoms with Crippen LogP contribution in [0.15, 0.2) is 11.1 Å². The monoisotopic (exact) mass is 269 g/mol. The Labute approximate surface area is 111 Å². The summed E-state index contributed by atoms with van der Waals surface area (Å²) in [5.41, 5.74) is 0.992. The number of nitrogens with one attached hydrogen (secondary N) is 1. The highest BCUT2D eigenvalue weighted by molar-refractivity contribution is 7.99. The number of carboxylic acid groups (broad SMARTS) is 1. The molecule has 6 heteroatoms. The minimum atomic E-state index is -0.747. The van der Waals surface area contributed by atoms with Crippen molar-refractivity contribution in [2.75, 3.05) is 5.75 Å². The van der Waals surface area contributed by atoms with Crippen molar-refractivity contribution in [3.05, 3.63) is 11.8 Å². The number of carboxylic acids is 1. The Morgan fingerprint density at radius 3 is 2.94 bits per heavy atom. The minimum Gasteiger partial charge on any atom is -0.480 e. The molecule has 1 heterocycles. The predicted molar refractivity (Wildman–Crippen MR) is 70.9 cm³/mol. The fourth-order valence-electron chi connectivity index (χ4n) is 1.82. The summed E-state index contributed by atoms with van der Waals surface area (Å²) >= 11 is 1.66. The maximum Gasteiger partial charge on any atom is 0.320 e. The van der Waals surface area contributed by atoms with E-state index in [1.807, 2.05) is 24.7 Å². The zero-order valence-corrected chi connectivity index (χ0v) is 11.5. The highest BCUT2D eigenvalue weighted by atomic mass is 32.2. The average molecular weight is 269 g/mol. The van der Waals surface area contributed by atoms with Gasteiger partial charge in [0.15, 0.2) is 0 Å². The summed E-state index contributed by atoms with van der Waals surface area (Å²) in [6, 6.07) is 2.03. The van der Waals surface area contributed by atoms with Gasteiger partial charge in [0.05, 0.1) is 10.7 Å². The van der Waals surface area contributed by atoms with E-state index >= 15 is 0 Å². The molecule has 1 aromatic rings. The summed E-state index contributed by atoms with van der Waals surface area (Å²) in [6.45, 7) is 1.96. The zero-order chi connectivity index (χ0) is 13.1. The van der Waals surface area contributed by atoms with E-state index < -0.39 is 12.0 Å². The third-order valence-electron chi connectivity index (χ3n) is 2.93. The number of hydrogen-bond donors (Lipinski definition) is 2. The molecular weight excluding hydrogens is 250 g/mol. The molecule has 0 radical (unpaired) electrons. The Morgan fingerprint density at radius 1 is 1.72 bits per heavy atom. The van der Waals surface area contributed by atoms with Gasteiger partial charge in [0, 0.05) is 18.8 Å². The van der Waals surface area contributed by atoms with Gasteiger partial charge < -0.3 is 10.4 Å². The minimum absolute atomic E-state index is 0.417. The van der Waals surface area contributed by atoms with Crippen molar-refractivity contribution < 1.29 is 9.90 Å². The molecule has 0 amide bonds. The van der Waals surface area contributed by atoms with Crippen molar-refractivity contribution in [1.29, 1.82) is 0 Å². The van der Waals surface area contributed by atoms with Crippen molar-refractivity contribution in [3.63, 3.8) is 0 Å². The maximum absolute atomic E-state index is 11.1. The molecular formula is C12H19N3O2S. The molecule has 100 valence electrons. The van der Waals surface area contributed by atoms with Crippen molar-refractivity contribution in [1.82, 2.24) is 15.1 Å². The lowest BCUT2D eigenvalue weighted by Crippen LogP contribution is -2.38. The smallest absolute Gasteiger partial charge is 0.320 e. The number of hydrogen-bond acceptors (Lipinski definition) is 4. The molecule has 1 fully saturated rings. The molecule has 18 heavy (non-hydrogen) atoms. The molecule has 2 N–H and O–H groups in total. The summed E-state index contributed by atoms with van der Waals surface area (Å²) in [4.78, 5) is 11.1. The first-order valence-corrected chi connectivity index (χ1v) is 7.17. The van der Waals surface area contributed by atoms with Crippen molar-refractivity contribution in [2.45, 2.75) is 43.3 Å². The zero-order valence-electron chi connectivity index (χ0n) is 10.7. The number of carbonyl (C=O) groups is 1. The van der Waals surface area contributed by atoms with E-state index in [1.54, 1.807) is 11.8 Å². The quantitative estimate of drug-likeness (QED) is 0.733. The van der Waals surface area contributed by atoms with Crippen molar-refractivity contribution >= 4 is 17.7 Å². The molecule has 2 rings (SSSR count). The van der Waals surface area contributed by atoms with Gasteiger partial charge in [0.25, 0.3) is 0 Å². The normalized spacial score (nSPS) is 16.8. The molecule has 0 aromatic carbocycles. The van der Waals surface area contributed by atoms with Gasteiger partial charge in [-0.2, -0.15) is 5.10 Å². The third-order valence-corrected chi connectivity index (χ3v) is 4.05. The molecule has 0 bridgehead atoms. The summed E-state index contributed by atoms with van der Waals surface area (Å²) in [5, 5.41) is 17.6. The lowest BCUT2D eigenvalue weighted by Gasteiger charge is -2.13. The number of rotatable bonds is 7. The molecule has 0 spiro atoms. The Morgan fingerprint density at radius 2 is 2.44 bits per heavy atom. The molecule has 0 saturated heterocycles. The first-order chi connectivity index (χ1) is 8.56. The molecule has 1 aliphatic carbocycles. The highest BCUT2D eigenvalue weighted by Crippen LogP contribution is 2.22. The van der Waals surface area contributed by atoms with Gasteiger partial charge in [0.2, 0.25) is 0 Å². The molecule has 5 nitrogen and oxygen atoms in total. The Hall–Kier alpha value is -1.01. The van der Waals surface area contributed by atoms with Gasteiger partial charge in [-0.15, -0.1) is 11.8 Å². The van der Waals surface area contributed by atoms with Crippen LogP contribution in [-0.4, -0.2) is 38.7 Å². The second-order valence-corrected chi connectivity index (χ2v) is 5.83. The largest absolute Gasteiger partial charge is 0.480 e. The first kappa shape index (κ1) is 13.4. The van der Waals surface area contributed by atoms with Crippen LogP contribution < -0.4 is 5.32 Å². The molecule has 1 saturated carbocycles. The molecule has 1 atom stereocenters. The SMILES string of the molecule is Cc1cc(SCCC(NC2CC2)C(=O)O)n(C)n1. The number of aryl methyl sites for hydroxylation is 2. The van der Waals surface area contributed by atoms with Crippen LogP contribution in [0.5, 0.6) is 0 Å². The fourth-order valence-corrected chi connectivity index (χ4v) is 2.86. The van der Waals surface area contributed by atoms with E-state index in [-0.39, 0.29) is 0 Å². The Bertz CT molecular complexity index is 429. The van der Waals surface area contributed by atoms with Gasteiger partial charge in [0.1, 0.15) is 6.04 Å². The van der Waals surface area contributed by atoms with Crippen molar-refractivity contribution in [2.24, 2.45) is 7.05 Å². The van der Waals surface area contributed by atoms with Crippen LogP contribution in [-0.2, 0) is 11.8 Å². The van der Waals surface area contributed by atoms with Gasteiger partial charge in [-0.05, 0) is 32.3 Å². The van der Waals surface area contributed by atoms with Crippen LogP contribution in [0, 0.1) is 6.92 Å². The van der Waals surface area contributed by atoms with Crippen LogP contribution in [0.2, 0.25) is 0 Å². The summed E-state index contributed by atoms with van der Waals surface area (Å²) in [5.74, 6) is 0.0408. The van der Waals surface area contributed by atoms with Gasteiger partial charge in [-0.3, -0.25) is 9.48 Å². The van der Waals surface area contributed by atoms with Crippen LogP contribution in [0.1, 0.15) is 25.0 Å². The van der Waals surface area contributed by atoms with Crippen molar-refractivity contribution in [3.8, 4) is 0 Å². The van der Waals surface area contributed by atoms with E-state index in [1.165, 1.54) is 0 Å². The van der Waals surface area contributed by atoms with Gasteiger partial charge >= 0.3 is 5.97 Å². The maximum atomic E-state index is 11.1. The van der Waals surface area contributed by atoms with Crippen LogP contribution in [0.4, 0.5) is 0 Å². The van der Waals surface area contributed by atoms with E-state index in [0.717, 1.165) is 29.3 Å². The highest BCUT2D eigenvalue weighted by Gasteiger charge is 2.27. The van der Waals surface area contributed by atoms with E-state index in [2.05, 4.69) is 10.4 Å². The van der Waals surface area contributed by atoms with Crippen LogP contribution >= 0.6 is 11.8 Å². The Balaban J connectivity index is 1.78. The van der Waals surface area contributed by atoms with E-state index in [4.69, 9.17) is 5.11 Å². The van der Waals surface area contributed by atoms with Crippen LogP contribution in [0.25, 0.3) is 0 Å². The number of aliphatic carboxylic acids is 1. The summed E-state index contributed by atoms with van der Waals surface area (Å²) in [6.07, 6.45) is 2.86. The number of nitrogens with zero attached hydrogens (tertiary/aromatic N) is 2. The second kappa shape index (κ2) is 5.75. The molecule has 1 aromatic heterocycles. The van der Waals surface area contributed by atoms with Gasteiger partial charge in [-0.25, -0.2) is 0 Å². The summed E-state index contributed by atoms with van der Waals surface area (Å²) in [7, 11) is 1.91. The predicted octanol–water partition coefficient (Wildman–Crippen LogP) is 1.42. The lowest BCUT2D eigenvalue weighted by molar-refractivity contribution is -0.139. The topological polar surface area (TPSA) is 67.2 Å². The van der Waals surface area contributed by atoms with E-state index in [0.29, 0.717) is 12.5 Å². The molecule has 0 aliphatic heterocycles. The molecule has 1 aliphatic rings. The summed E-state index contributed by atoms with van der Waals surface area (Å²) < 4.78 is 1.84. The fraction of sp³-hybridized carbons (Fsp3) is 0.667. The lowest BCUT2D eigenvalue weighted by atomic mass is 10.2. The Kier molecular flexibility index (Phi) is 4.29. The standard InChI is InChI=1S/C12H19N3O2S/c1-8-7-11(15(2)14-8)18-6-5-10(12(16)17)13-9-3-4-9/h7,9-10,13H,3-6H2,1-2H3,(H,16,17). The van der Waals surface area contributed by atoms with E-state index in [9.17, 15) is 4.79 Å². The number of thioether (sulfide) groups is 1. The van der Waals surface area contributed by atoms with Gasteiger partial charge in [-0.1, -0.05) is 0 Å². The van der Waals surface area contributed by atoms with Crippen LogP contribution in [0.3, 0.4) is 0 Å².